The van der Waals surface area contributed by atoms with Crippen molar-refractivity contribution >= 4 is 29.2 Å². The van der Waals surface area contributed by atoms with Crippen molar-refractivity contribution in [2.75, 3.05) is 20.6 Å². The summed E-state index contributed by atoms with van der Waals surface area (Å²) in [7, 11) is 4.39. The Morgan fingerprint density at radius 2 is 1.61 bits per heavy atom. The van der Waals surface area contributed by atoms with Gasteiger partial charge in [-0.1, -0.05) is 48.5 Å². The number of carbonyl (C=O) groups excluding carboxylic acids is 1. The van der Waals surface area contributed by atoms with Crippen molar-refractivity contribution in [2.45, 2.75) is 50.1 Å². The highest BCUT2D eigenvalue weighted by Gasteiger charge is 2.52. The van der Waals surface area contributed by atoms with Crippen LogP contribution in [0.2, 0.25) is 0 Å². The van der Waals surface area contributed by atoms with Crippen molar-refractivity contribution in [1.82, 2.24) is 14.8 Å². The van der Waals surface area contributed by atoms with Crippen LogP contribution in [0.3, 0.4) is 0 Å². The number of H-pyrrole nitrogens is 1. The third-order valence-corrected chi connectivity index (χ3v) is 7.83. The fourth-order valence-electron chi connectivity index (χ4n) is 6.23. The Kier molecular flexibility index (Phi) is 5.65. The fraction of sp³-hybridized carbons (Fsp3) is 0.423. The molecule has 1 aliphatic heterocycles. The number of para-hydroxylation sites is 1. The normalized spacial score (nSPS) is 25.5. The summed E-state index contributed by atoms with van der Waals surface area (Å²) < 4.78 is 0. The van der Waals surface area contributed by atoms with E-state index >= 15 is 0 Å². The number of amides is 1. The third kappa shape index (κ3) is 3.19. The van der Waals surface area contributed by atoms with Crippen LogP contribution >= 0.6 is 12.4 Å². The zero-order valence-corrected chi connectivity index (χ0v) is 19.5. The SMILES string of the molecule is CC(=O)N1CCc2c([nH]c3ccccc23)C12CCC(c1ccccc1)(N(C)C)CC2.Cl. The van der Waals surface area contributed by atoms with Gasteiger partial charge in [-0.25, -0.2) is 0 Å². The van der Waals surface area contributed by atoms with E-state index in [4.69, 9.17) is 0 Å². The number of benzene rings is 2. The topological polar surface area (TPSA) is 39.3 Å². The van der Waals surface area contributed by atoms with Crippen LogP contribution in [-0.2, 0) is 22.3 Å². The largest absolute Gasteiger partial charge is 0.356 e. The number of carbonyl (C=O) groups is 1. The van der Waals surface area contributed by atoms with E-state index in [9.17, 15) is 4.79 Å². The Labute approximate surface area is 191 Å². The molecule has 3 aromatic rings. The van der Waals surface area contributed by atoms with Gasteiger partial charge in [0, 0.05) is 35.6 Å². The number of hydrogen-bond acceptors (Lipinski definition) is 2. The van der Waals surface area contributed by atoms with Crippen LogP contribution in [0.5, 0.6) is 0 Å². The monoisotopic (exact) mass is 437 g/mol. The molecule has 0 unspecified atom stereocenters. The van der Waals surface area contributed by atoms with Crippen molar-refractivity contribution < 1.29 is 4.79 Å². The van der Waals surface area contributed by atoms with Crippen molar-refractivity contribution in [1.29, 1.82) is 0 Å². The van der Waals surface area contributed by atoms with Crippen molar-refractivity contribution in [3.05, 3.63) is 71.4 Å². The summed E-state index contributed by atoms with van der Waals surface area (Å²) in [5, 5.41) is 1.32. The predicted octanol–water partition coefficient (Wildman–Crippen LogP) is 5.22. The number of nitrogens with one attached hydrogen (secondary N) is 1. The highest BCUT2D eigenvalue weighted by Crippen LogP contribution is 2.53. The van der Waals surface area contributed by atoms with E-state index in [1.165, 1.54) is 27.7 Å². The second-order valence-electron chi connectivity index (χ2n) is 9.27. The molecule has 0 bridgehead atoms. The average molecular weight is 438 g/mol. The maximum atomic E-state index is 12.8. The molecule has 5 heteroatoms. The number of rotatable bonds is 2. The lowest BCUT2D eigenvalue weighted by Gasteiger charge is -2.55. The summed E-state index contributed by atoms with van der Waals surface area (Å²) in [6.45, 7) is 2.55. The fourth-order valence-corrected chi connectivity index (χ4v) is 6.23. The van der Waals surface area contributed by atoms with Gasteiger partial charge in [0.2, 0.25) is 5.91 Å². The molecule has 2 aromatic carbocycles. The second-order valence-corrected chi connectivity index (χ2v) is 9.27. The van der Waals surface area contributed by atoms with Crippen LogP contribution in [0, 0.1) is 0 Å². The van der Waals surface area contributed by atoms with Crippen LogP contribution in [-0.4, -0.2) is 41.3 Å². The molecule has 1 saturated carbocycles. The van der Waals surface area contributed by atoms with Gasteiger partial charge in [-0.15, -0.1) is 12.4 Å². The van der Waals surface area contributed by atoms with Gasteiger partial charge < -0.3 is 9.88 Å². The Bertz CT molecular complexity index is 1080. The van der Waals surface area contributed by atoms with E-state index in [-0.39, 0.29) is 29.4 Å². The second kappa shape index (κ2) is 7.99. The van der Waals surface area contributed by atoms with E-state index in [1.807, 2.05) is 0 Å². The molecule has 1 amide bonds. The summed E-state index contributed by atoms with van der Waals surface area (Å²) in [5.41, 5.74) is 5.06. The van der Waals surface area contributed by atoms with Gasteiger partial charge in [0.1, 0.15) is 0 Å². The zero-order chi connectivity index (χ0) is 20.9. The highest BCUT2D eigenvalue weighted by atomic mass is 35.5. The predicted molar refractivity (Wildman–Crippen MR) is 129 cm³/mol. The summed E-state index contributed by atoms with van der Waals surface area (Å²) >= 11 is 0. The minimum atomic E-state index is -0.229. The number of hydrogen-bond donors (Lipinski definition) is 1. The van der Waals surface area contributed by atoms with Crippen molar-refractivity contribution in [3.8, 4) is 0 Å². The summed E-state index contributed by atoms with van der Waals surface area (Å²) in [6.07, 6.45) is 4.93. The molecule has 1 fully saturated rings. The van der Waals surface area contributed by atoms with Crippen LogP contribution in [0.15, 0.2) is 54.6 Å². The van der Waals surface area contributed by atoms with E-state index in [0.717, 1.165) is 38.6 Å². The molecule has 2 heterocycles. The molecule has 5 rings (SSSR count). The van der Waals surface area contributed by atoms with Crippen molar-refractivity contribution in [2.24, 2.45) is 0 Å². The maximum absolute atomic E-state index is 12.8. The van der Waals surface area contributed by atoms with Gasteiger partial charge >= 0.3 is 0 Å². The van der Waals surface area contributed by atoms with E-state index in [2.05, 4.69) is 83.5 Å². The Hall–Kier alpha value is -2.30. The smallest absolute Gasteiger partial charge is 0.220 e. The molecule has 0 atom stereocenters. The van der Waals surface area contributed by atoms with Crippen LogP contribution in [0.1, 0.15) is 49.4 Å². The van der Waals surface area contributed by atoms with E-state index in [1.54, 1.807) is 6.92 Å². The van der Waals surface area contributed by atoms with Gasteiger partial charge in [0.15, 0.2) is 0 Å². The van der Waals surface area contributed by atoms with Gasteiger partial charge in [-0.05, 0) is 63.4 Å². The van der Waals surface area contributed by atoms with Gasteiger partial charge in [-0.2, -0.15) is 0 Å². The Morgan fingerprint density at radius 3 is 2.26 bits per heavy atom. The third-order valence-electron chi connectivity index (χ3n) is 7.83. The number of halogens is 1. The molecule has 1 N–H and O–H groups in total. The van der Waals surface area contributed by atoms with Gasteiger partial charge in [0.05, 0.1) is 5.54 Å². The van der Waals surface area contributed by atoms with Crippen LogP contribution < -0.4 is 0 Å². The van der Waals surface area contributed by atoms with Gasteiger partial charge in [-0.3, -0.25) is 9.69 Å². The van der Waals surface area contributed by atoms with Crippen LogP contribution in [0.25, 0.3) is 10.9 Å². The van der Waals surface area contributed by atoms with E-state index < -0.39 is 0 Å². The molecule has 4 nitrogen and oxygen atoms in total. The first-order valence-corrected chi connectivity index (χ1v) is 11.1. The molecule has 164 valence electrons. The summed E-state index contributed by atoms with van der Waals surface area (Å²) in [6, 6.07) is 19.5. The van der Waals surface area contributed by atoms with Crippen molar-refractivity contribution in [3.63, 3.8) is 0 Å². The average Bonchev–Trinajstić information content (AvgIpc) is 3.15. The summed E-state index contributed by atoms with van der Waals surface area (Å²) in [5.74, 6) is 0.191. The van der Waals surface area contributed by atoms with E-state index in [0.29, 0.717) is 0 Å². The lowest BCUT2D eigenvalue weighted by atomic mass is 9.65. The first kappa shape index (κ1) is 21.9. The maximum Gasteiger partial charge on any atom is 0.220 e. The lowest BCUT2D eigenvalue weighted by molar-refractivity contribution is -0.140. The molecule has 2 aliphatic rings. The standard InChI is InChI=1S/C26H31N3O.ClH/c1-19(30)29-18-13-22-21-11-7-8-12-23(21)27-24(22)26(29)16-14-25(15-17-26,28(2)3)20-9-5-4-6-10-20;/h4-12,27H,13-18H2,1-3H3;1H. The molecular formula is C26H32ClN3O. The highest BCUT2D eigenvalue weighted by molar-refractivity contribution is 5.86. The first-order chi connectivity index (χ1) is 14.5. The molecule has 31 heavy (non-hydrogen) atoms. The number of fused-ring (bicyclic) bond motifs is 4. The number of nitrogens with zero attached hydrogens (tertiary/aromatic N) is 2. The summed E-state index contributed by atoms with van der Waals surface area (Å²) in [4.78, 5) is 21.1. The van der Waals surface area contributed by atoms with Crippen LogP contribution in [0.4, 0.5) is 0 Å². The lowest BCUT2D eigenvalue weighted by Crippen LogP contribution is -2.58. The molecular weight excluding hydrogens is 406 g/mol. The molecule has 1 aliphatic carbocycles. The molecule has 0 radical (unpaired) electrons. The first-order valence-electron chi connectivity index (χ1n) is 11.1. The molecule has 1 aromatic heterocycles. The number of aromatic nitrogens is 1. The Balaban J connectivity index is 0.00000231. The Morgan fingerprint density at radius 1 is 0.968 bits per heavy atom. The minimum absolute atomic E-state index is 0. The molecule has 1 spiro atoms. The zero-order valence-electron chi connectivity index (χ0n) is 18.6. The number of aromatic amines is 1. The minimum Gasteiger partial charge on any atom is -0.356 e. The quantitative estimate of drug-likeness (QED) is 0.596. The van der Waals surface area contributed by atoms with Gasteiger partial charge in [0.25, 0.3) is 0 Å². The molecule has 0 saturated heterocycles.